The van der Waals surface area contributed by atoms with Crippen LogP contribution < -0.4 is 35.2 Å². The van der Waals surface area contributed by atoms with Crippen molar-refractivity contribution in [3.63, 3.8) is 0 Å². The third-order valence-electron chi connectivity index (χ3n) is 1.93. The van der Waals surface area contributed by atoms with Crippen LogP contribution in [0.2, 0.25) is 0 Å². The van der Waals surface area contributed by atoms with E-state index in [1.165, 1.54) is 12.1 Å². The molecule has 14 heavy (non-hydrogen) atoms. The third kappa shape index (κ3) is 2.00. The number of hydrogen-bond acceptors (Lipinski definition) is 3. The van der Waals surface area contributed by atoms with E-state index in [9.17, 15) is 4.79 Å². The van der Waals surface area contributed by atoms with Gasteiger partial charge in [0.1, 0.15) is 11.3 Å². The smallest absolute Gasteiger partial charge is 0.508 e. The normalized spacial score (nSPS) is 9.79. The number of aryl methyl sites for hydroxylation is 1. The van der Waals surface area contributed by atoms with E-state index in [1.54, 1.807) is 12.1 Å². The summed E-state index contributed by atoms with van der Waals surface area (Å²) < 4.78 is 4.91. The second-order valence-corrected chi connectivity index (χ2v) is 2.93. The van der Waals surface area contributed by atoms with Crippen molar-refractivity contribution < 1.29 is 39.1 Å². The van der Waals surface area contributed by atoms with E-state index in [1.807, 2.05) is 6.92 Å². The summed E-state index contributed by atoms with van der Waals surface area (Å²) in [5.41, 5.74) is 0.881. The van der Waals surface area contributed by atoms with Gasteiger partial charge in [0.05, 0.1) is 0 Å². The van der Waals surface area contributed by atoms with Gasteiger partial charge < -0.3 is 9.52 Å². The Morgan fingerprint density at radius 2 is 2.00 bits per heavy atom. The van der Waals surface area contributed by atoms with Crippen LogP contribution in [0.4, 0.5) is 0 Å². The molecule has 0 fully saturated rings. The van der Waals surface area contributed by atoms with E-state index < -0.39 is 5.63 Å². The molecule has 1 aromatic heterocycles. The van der Waals surface area contributed by atoms with Crippen LogP contribution in [0.25, 0.3) is 11.0 Å². The van der Waals surface area contributed by atoms with Gasteiger partial charge in [0, 0.05) is 17.5 Å². The second-order valence-electron chi connectivity index (χ2n) is 2.93. The number of phenolic OH excluding ortho intramolecular Hbond substituents is 1. The molecular formula is C10H8NaO3+. The average molecular weight is 199 g/mol. The first-order valence-corrected chi connectivity index (χ1v) is 3.90. The van der Waals surface area contributed by atoms with Crippen LogP contribution in [-0.2, 0) is 0 Å². The van der Waals surface area contributed by atoms with Crippen molar-refractivity contribution in [2.24, 2.45) is 0 Å². The molecule has 0 atom stereocenters. The predicted octanol–water partition coefficient (Wildman–Crippen LogP) is -1.19. The van der Waals surface area contributed by atoms with Crippen molar-refractivity contribution >= 4 is 11.0 Å². The zero-order chi connectivity index (χ0) is 9.42. The van der Waals surface area contributed by atoms with Crippen LogP contribution in [0.5, 0.6) is 5.75 Å². The molecule has 1 N–H and O–H groups in total. The van der Waals surface area contributed by atoms with Crippen molar-refractivity contribution in [2.75, 3.05) is 0 Å². The molecule has 1 aromatic carbocycles. The first-order chi connectivity index (χ1) is 6.16. The van der Waals surface area contributed by atoms with Crippen LogP contribution in [0, 0.1) is 6.92 Å². The fourth-order valence-electron chi connectivity index (χ4n) is 1.31. The minimum Gasteiger partial charge on any atom is -0.508 e. The fraction of sp³-hybridized carbons (Fsp3) is 0.100. The first-order valence-electron chi connectivity index (χ1n) is 3.90. The van der Waals surface area contributed by atoms with Gasteiger partial charge >= 0.3 is 35.2 Å². The molecule has 2 rings (SSSR count). The Hall–Kier alpha value is -0.770. The fourth-order valence-corrected chi connectivity index (χ4v) is 1.31. The number of rotatable bonds is 0. The molecular weight excluding hydrogens is 191 g/mol. The van der Waals surface area contributed by atoms with Gasteiger partial charge in [-0.15, -0.1) is 0 Å². The molecule has 3 nitrogen and oxygen atoms in total. The Balaban J connectivity index is 0.000000980. The standard InChI is InChI=1S/C10H8O3.Na/c1-6-4-10(12)13-9-5-7(11)2-3-8(6)9;/h2-5,11H,1H3;/q;+1. The maximum absolute atomic E-state index is 11.0. The number of hydrogen-bond donors (Lipinski definition) is 1. The third-order valence-corrected chi connectivity index (χ3v) is 1.93. The van der Waals surface area contributed by atoms with Crippen molar-refractivity contribution in [1.82, 2.24) is 0 Å². The minimum absolute atomic E-state index is 0. The van der Waals surface area contributed by atoms with E-state index in [-0.39, 0.29) is 35.3 Å². The molecule has 0 aliphatic carbocycles. The van der Waals surface area contributed by atoms with Gasteiger partial charge in [-0.1, -0.05) is 0 Å². The summed E-state index contributed by atoms with van der Waals surface area (Å²) in [5.74, 6) is 0.0984. The molecule has 66 valence electrons. The molecule has 0 radical (unpaired) electrons. The second kappa shape index (κ2) is 4.17. The Morgan fingerprint density at radius 3 is 2.71 bits per heavy atom. The van der Waals surface area contributed by atoms with Crippen molar-refractivity contribution in [2.45, 2.75) is 6.92 Å². The molecule has 0 saturated heterocycles. The summed E-state index contributed by atoms with van der Waals surface area (Å²) in [7, 11) is 0. The number of fused-ring (bicyclic) bond motifs is 1. The van der Waals surface area contributed by atoms with Crippen LogP contribution in [0.1, 0.15) is 5.56 Å². The maximum atomic E-state index is 11.0. The number of aromatic hydroxyl groups is 1. The van der Waals surface area contributed by atoms with E-state index in [0.717, 1.165) is 10.9 Å². The van der Waals surface area contributed by atoms with Gasteiger partial charge in [-0.2, -0.15) is 0 Å². The van der Waals surface area contributed by atoms with Crippen LogP contribution in [-0.4, -0.2) is 5.11 Å². The molecule has 0 bridgehead atoms. The number of phenols is 1. The van der Waals surface area contributed by atoms with Gasteiger partial charge in [-0.3, -0.25) is 0 Å². The van der Waals surface area contributed by atoms with Gasteiger partial charge in [-0.25, -0.2) is 4.79 Å². The zero-order valence-electron chi connectivity index (χ0n) is 8.07. The van der Waals surface area contributed by atoms with Crippen molar-refractivity contribution in [1.29, 1.82) is 0 Å². The van der Waals surface area contributed by atoms with Crippen LogP contribution >= 0.6 is 0 Å². The van der Waals surface area contributed by atoms with Crippen molar-refractivity contribution in [3.05, 3.63) is 40.2 Å². The summed E-state index contributed by atoms with van der Waals surface area (Å²) in [6, 6.07) is 6.15. The Kier molecular flexibility index (Phi) is 3.37. The monoisotopic (exact) mass is 199 g/mol. The number of benzene rings is 1. The Bertz CT molecular complexity index is 516. The van der Waals surface area contributed by atoms with Crippen LogP contribution in [0.15, 0.2) is 33.5 Å². The summed E-state index contributed by atoms with van der Waals surface area (Å²) in [6.07, 6.45) is 0. The quantitative estimate of drug-likeness (QED) is 0.429. The summed E-state index contributed by atoms with van der Waals surface area (Å²) in [4.78, 5) is 11.0. The topological polar surface area (TPSA) is 50.4 Å². The van der Waals surface area contributed by atoms with Gasteiger partial charge in [0.2, 0.25) is 0 Å². The van der Waals surface area contributed by atoms with E-state index >= 15 is 0 Å². The van der Waals surface area contributed by atoms with Gasteiger partial charge in [-0.05, 0) is 24.6 Å². The predicted molar refractivity (Wildman–Crippen MR) is 48.9 cm³/mol. The molecule has 0 saturated carbocycles. The van der Waals surface area contributed by atoms with E-state index in [4.69, 9.17) is 9.52 Å². The van der Waals surface area contributed by atoms with Crippen LogP contribution in [0.3, 0.4) is 0 Å². The molecule has 0 amide bonds. The maximum Gasteiger partial charge on any atom is 1.00 e. The summed E-state index contributed by atoms with van der Waals surface area (Å²) >= 11 is 0. The SMILES string of the molecule is Cc1cc(=O)oc2cc(O)ccc12.[Na+]. The molecule has 0 aliphatic rings. The molecule has 0 aliphatic heterocycles. The summed E-state index contributed by atoms with van der Waals surface area (Å²) in [5, 5.41) is 9.99. The largest absolute Gasteiger partial charge is 1.00 e. The van der Waals surface area contributed by atoms with E-state index in [2.05, 4.69) is 0 Å². The van der Waals surface area contributed by atoms with Crippen molar-refractivity contribution in [3.8, 4) is 5.75 Å². The van der Waals surface area contributed by atoms with E-state index in [0.29, 0.717) is 5.58 Å². The summed E-state index contributed by atoms with van der Waals surface area (Å²) in [6.45, 7) is 1.83. The minimum atomic E-state index is -0.393. The molecule has 1 heterocycles. The van der Waals surface area contributed by atoms with Gasteiger partial charge in [0.25, 0.3) is 0 Å². The molecule has 0 spiro atoms. The molecule has 4 heteroatoms. The first kappa shape index (κ1) is 11.3. The average Bonchev–Trinajstić information content (AvgIpc) is 2.02. The molecule has 0 unspecified atom stereocenters. The Labute approximate surface area is 103 Å². The van der Waals surface area contributed by atoms with Gasteiger partial charge in [0.15, 0.2) is 0 Å². The Morgan fingerprint density at radius 1 is 1.29 bits per heavy atom. The zero-order valence-corrected chi connectivity index (χ0v) is 10.1. The molecule has 2 aromatic rings.